The van der Waals surface area contributed by atoms with Crippen molar-refractivity contribution in [3.63, 3.8) is 0 Å². The summed E-state index contributed by atoms with van der Waals surface area (Å²) in [5.74, 6) is 2.68. The van der Waals surface area contributed by atoms with Gasteiger partial charge in [-0.2, -0.15) is 4.98 Å². The van der Waals surface area contributed by atoms with E-state index in [1.54, 1.807) is 32.9 Å². The fourth-order valence-corrected chi connectivity index (χ4v) is 2.57. The van der Waals surface area contributed by atoms with Crippen molar-refractivity contribution in [2.75, 3.05) is 20.5 Å². The Kier molecular flexibility index (Phi) is 5.46. The summed E-state index contributed by atoms with van der Waals surface area (Å²) < 4.78 is 15.6. The van der Waals surface area contributed by atoms with Crippen molar-refractivity contribution >= 4 is 11.8 Å². The Labute approximate surface area is 128 Å². The molecule has 0 aliphatic carbocycles. The number of benzene rings is 1. The van der Waals surface area contributed by atoms with E-state index in [4.69, 9.17) is 14.0 Å². The van der Waals surface area contributed by atoms with Crippen molar-refractivity contribution in [3.05, 3.63) is 29.4 Å². The highest BCUT2D eigenvalue weighted by molar-refractivity contribution is 7.98. The van der Waals surface area contributed by atoms with Crippen LogP contribution in [-0.2, 0) is 13.1 Å². The molecule has 0 fully saturated rings. The summed E-state index contributed by atoms with van der Waals surface area (Å²) in [5, 5.41) is 7.15. The average Bonchev–Trinajstić information content (AvgIpc) is 2.92. The normalized spacial score (nSPS) is 10.7. The first-order valence-corrected chi connectivity index (χ1v) is 7.69. The maximum atomic E-state index is 5.34. The number of hydrogen-bond acceptors (Lipinski definition) is 7. The molecule has 0 spiro atoms. The van der Waals surface area contributed by atoms with Crippen LogP contribution in [0.2, 0.25) is 0 Å². The lowest BCUT2D eigenvalue weighted by atomic mass is 10.2. The fraction of sp³-hybridized carbons (Fsp3) is 0.429. The summed E-state index contributed by atoms with van der Waals surface area (Å²) in [6.07, 6.45) is 2.04. The van der Waals surface area contributed by atoms with Crippen LogP contribution in [0.25, 0.3) is 0 Å². The number of ether oxygens (including phenoxy) is 2. The van der Waals surface area contributed by atoms with E-state index in [1.165, 1.54) is 0 Å². The van der Waals surface area contributed by atoms with Gasteiger partial charge in [0.1, 0.15) is 0 Å². The first-order chi connectivity index (χ1) is 10.2. The molecule has 0 saturated carbocycles. The van der Waals surface area contributed by atoms with Crippen LogP contribution in [0.1, 0.15) is 17.3 Å². The fourth-order valence-electron chi connectivity index (χ4n) is 1.95. The molecule has 0 bridgehead atoms. The van der Waals surface area contributed by atoms with Gasteiger partial charge in [-0.3, -0.25) is 0 Å². The molecule has 1 aromatic carbocycles. The van der Waals surface area contributed by atoms with E-state index in [1.807, 2.05) is 18.4 Å². The smallest absolute Gasteiger partial charge is 0.223 e. The van der Waals surface area contributed by atoms with Crippen molar-refractivity contribution in [2.45, 2.75) is 24.9 Å². The van der Waals surface area contributed by atoms with E-state index in [-0.39, 0.29) is 0 Å². The third-order valence-electron chi connectivity index (χ3n) is 2.95. The maximum Gasteiger partial charge on any atom is 0.223 e. The minimum atomic E-state index is 0.555. The molecule has 21 heavy (non-hydrogen) atoms. The minimum Gasteiger partial charge on any atom is -0.493 e. The van der Waals surface area contributed by atoms with Gasteiger partial charge in [0, 0.05) is 18.4 Å². The molecule has 1 heterocycles. The quantitative estimate of drug-likeness (QED) is 0.788. The zero-order valence-corrected chi connectivity index (χ0v) is 13.4. The summed E-state index contributed by atoms with van der Waals surface area (Å²) in [6, 6.07) is 3.97. The van der Waals surface area contributed by atoms with Crippen LogP contribution in [0.3, 0.4) is 0 Å². The predicted octanol–water partition coefficient (Wildman–Crippen LogP) is 2.41. The highest BCUT2D eigenvalue weighted by atomic mass is 32.2. The number of methoxy groups -OCH3 is 2. The molecular weight excluding hydrogens is 290 g/mol. The monoisotopic (exact) mass is 309 g/mol. The van der Waals surface area contributed by atoms with Crippen LogP contribution in [0.5, 0.6) is 11.5 Å². The maximum absolute atomic E-state index is 5.34. The zero-order valence-electron chi connectivity index (χ0n) is 12.6. The molecule has 0 atom stereocenters. The summed E-state index contributed by atoms with van der Waals surface area (Å²) in [4.78, 5) is 5.30. The third-order valence-corrected chi connectivity index (χ3v) is 3.77. The number of nitrogens with zero attached hydrogens (tertiary/aromatic N) is 2. The van der Waals surface area contributed by atoms with Gasteiger partial charge in [-0.15, -0.1) is 11.8 Å². The molecule has 6 nitrogen and oxygen atoms in total. The Hall–Kier alpha value is -1.73. The first-order valence-electron chi connectivity index (χ1n) is 6.46. The Morgan fingerprint density at radius 1 is 1.19 bits per heavy atom. The summed E-state index contributed by atoms with van der Waals surface area (Å²) >= 11 is 1.67. The van der Waals surface area contributed by atoms with Gasteiger partial charge in [0.2, 0.25) is 5.89 Å². The van der Waals surface area contributed by atoms with Gasteiger partial charge in [-0.05, 0) is 24.0 Å². The molecule has 0 unspecified atom stereocenters. The van der Waals surface area contributed by atoms with E-state index < -0.39 is 0 Å². The largest absolute Gasteiger partial charge is 0.493 e. The van der Waals surface area contributed by atoms with E-state index >= 15 is 0 Å². The lowest BCUT2D eigenvalue weighted by Gasteiger charge is -2.13. The van der Waals surface area contributed by atoms with Crippen molar-refractivity contribution in [3.8, 4) is 11.5 Å². The highest BCUT2D eigenvalue weighted by Gasteiger charge is 2.11. The Bertz CT molecular complexity index is 601. The van der Waals surface area contributed by atoms with Crippen molar-refractivity contribution in [2.24, 2.45) is 0 Å². The Morgan fingerprint density at radius 2 is 1.90 bits per heavy atom. The Balaban J connectivity index is 2.07. The molecule has 1 aromatic heterocycles. The molecule has 7 heteroatoms. The zero-order chi connectivity index (χ0) is 15.2. The molecule has 0 amide bonds. The Morgan fingerprint density at radius 3 is 2.48 bits per heavy atom. The SMILES string of the molecule is COc1cc(CNCc2noc(C)n2)c(SC)cc1OC. The molecule has 0 aliphatic heterocycles. The summed E-state index contributed by atoms with van der Waals surface area (Å²) in [7, 11) is 3.27. The second-order valence-electron chi connectivity index (χ2n) is 4.35. The number of nitrogens with one attached hydrogen (secondary N) is 1. The minimum absolute atomic E-state index is 0.555. The van der Waals surface area contributed by atoms with E-state index in [0.29, 0.717) is 24.8 Å². The van der Waals surface area contributed by atoms with Gasteiger partial charge in [-0.1, -0.05) is 5.16 Å². The highest BCUT2D eigenvalue weighted by Crippen LogP contribution is 2.34. The van der Waals surface area contributed by atoms with Gasteiger partial charge in [0.15, 0.2) is 17.3 Å². The lowest BCUT2D eigenvalue weighted by molar-refractivity contribution is 0.353. The first kappa shape index (κ1) is 15.7. The van der Waals surface area contributed by atoms with Gasteiger partial charge in [-0.25, -0.2) is 0 Å². The van der Waals surface area contributed by atoms with Crippen LogP contribution in [0.4, 0.5) is 0 Å². The van der Waals surface area contributed by atoms with E-state index in [0.717, 1.165) is 22.0 Å². The number of hydrogen-bond donors (Lipinski definition) is 1. The van der Waals surface area contributed by atoms with E-state index in [9.17, 15) is 0 Å². The lowest BCUT2D eigenvalue weighted by Crippen LogP contribution is -2.14. The predicted molar refractivity (Wildman–Crippen MR) is 80.9 cm³/mol. The van der Waals surface area contributed by atoms with Crippen LogP contribution in [0.15, 0.2) is 21.6 Å². The van der Waals surface area contributed by atoms with Crippen LogP contribution in [0, 0.1) is 6.92 Å². The number of aromatic nitrogens is 2. The van der Waals surface area contributed by atoms with Crippen molar-refractivity contribution in [1.82, 2.24) is 15.5 Å². The van der Waals surface area contributed by atoms with Crippen molar-refractivity contribution < 1.29 is 14.0 Å². The van der Waals surface area contributed by atoms with Gasteiger partial charge >= 0.3 is 0 Å². The molecule has 114 valence electrons. The molecular formula is C14H19N3O3S. The molecule has 1 N–H and O–H groups in total. The molecule has 2 aromatic rings. The second-order valence-corrected chi connectivity index (χ2v) is 5.20. The number of rotatable bonds is 7. The van der Waals surface area contributed by atoms with Crippen molar-refractivity contribution in [1.29, 1.82) is 0 Å². The average molecular weight is 309 g/mol. The van der Waals surface area contributed by atoms with Crippen LogP contribution in [-0.4, -0.2) is 30.6 Å². The topological polar surface area (TPSA) is 69.4 Å². The third kappa shape index (κ3) is 3.89. The number of aryl methyl sites for hydroxylation is 1. The summed E-state index contributed by atoms with van der Waals surface area (Å²) in [6.45, 7) is 3.01. The number of thioether (sulfide) groups is 1. The molecule has 0 aliphatic rings. The van der Waals surface area contributed by atoms with Gasteiger partial charge < -0.3 is 19.3 Å². The molecule has 0 radical (unpaired) electrons. The van der Waals surface area contributed by atoms with Gasteiger partial charge in [0.05, 0.1) is 20.8 Å². The standard InChI is InChI=1S/C14H19N3O3S/c1-9-16-14(17-20-9)8-15-7-10-5-11(18-2)12(19-3)6-13(10)21-4/h5-6,15H,7-8H2,1-4H3. The summed E-state index contributed by atoms with van der Waals surface area (Å²) in [5.41, 5.74) is 1.14. The molecule has 0 saturated heterocycles. The second kappa shape index (κ2) is 7.33. The van der Waals surface area contributed by atoms with E-state index in [2.05, 4.69) is 15.5 Å². The van der Waals surface area contributed by atoms with Crippen LogP contribution < -0.4 is 14.8 Å². The van der Waals surface area contributed by atoms with Gasteiger partial charge in [0.25, 0.3) is 0 Å². The molecule has 2 rings (SSSR count). The van der Waals surface area contributed by atoms with Crippen LogP contribution >= 0.6 is 11.8 Å².